The zero-order valence-corrected chi connectivity index (χ0v) is 20.9. The molecule has 34 heavy (non-hydrogen) atoms. The normalized spacial score (nSPS) is 15.1. The third-order valence-corrected chi connectivity index (χ3v) is 6.46. The van der Waals surface area contributed by atoms with E-state index in [1.807, 2.05) is 61.7 Å². The molecule has 3 aromatic rings. The van der Waals surface area contributed by atoms with Crippen LogP contribution in [0.15, 0.2) is 54.6 Å². The molecule has 1 aliphatic carbocycles. The average molecular weight is 500 g/mol. The Morgan fingerprint density at radius 2 is 1.74 bits per heavy atom. The molecule has 178 valence electrons. The van der Waals surface area contributed by atoms with Gasteiger partial charge in [-0.3, -0.25) is 4.79 Å². The molecule has 0 radical (unpaired) electrons. The fourth-order valence-electron chi connectivity index (χ4n) is 4.21. The van der Waals surface area contributed by atoms with Gasteiger partial charge in [-0.25, -0.2) is 4.79 Å². The van der Waals surface area contributed by atoms with Crippen LogP contribution in [0.4, 0.5) is 0 Å². The molecule has 1 aliphatic rings. The highest BCUT2D eigenvalue weighted by molar-refractivity contribution is 6.42. The molecule has 1 heterocycles. The van der Waals surface area contributed by atoms with E-state index in [1.165, 1.54) is 0 Å². The molecule has 1 unspecified atom stereocenters. The van der Waals surface area contributed by atoms with Gasteiger partial charge in [0.25, 0.3) is 0 Å². The number of aromatic nitrogens is 1. The second kappa shape index (κ2) is 9.85. The van der Waals surface area contributed by atoms with Crippen molar-refractivity contribution in [2.24, 2.45) is 0 Å². The molecule has 4 rings (SSSR count). The second-order valence-electron chi connectivity index (χ2n) is 9.45. The van der Waals surface area contributed by atoms with Crippen molar-refractivity contribution in [3.05, 3.63) is 92.7 Å². The summed E-state index contributed by atoms with van der Waals surface area (Å²) >= 11 is 12.3. The number of rotatable bonds is 6. The van der Waals surface area contributed by atoms with Crippen molar-refractivity contribution in [1.82, 2.24) is 4.57 Å². The second-order valence-corrected chi connectivity index (χ2v) is 10.3. The molecular weight excluding hydrogens is 473 g/mol. The molecule has 2 aromatic carbocycles. The Balaban J connectivity index is 1.66. The van der Waals surface area contributed by atoms with E-state index < -0.39 is 17.5 Å². The zero-order chi connectivity index (χ0) is 24.5. The maximum Gasteiger partial charge on any atom is 0.355 e. The van der Waals surface area contributed by atoms with Gasteiger partial charge in [0.2, 0.25) is 0 Å². The molecule has 0 amide bonds. The van der Waals surface area contributed by atoms with Gasteiger partial charge in [0.15, 0.2) is 0 Å². The maximum absolute atomic E-state index is 13.2. The van der Waals surface area contributed by atoms with Crippen molar-refractivity contribution in [1.29, 1.82) is 0 Å². The van der Waals surface area contributed by atoms with Crippen LogP contribution in [0.2, 0.25) is 10.0 Å². The van der Waals surface area contributed by atoms with Crippen LogP contribution in [0.5, 0.6) is 0 Å². The highest BCUT2D eigenvalue weighted by Crippen LogP contribution is 2.38. The molecule has 0 N–H and O–H groups in total. The predicted octanol–water partition coefficient (Wildman–Crippen LogP) is 6.57. The van der Waals surface area contributed by atoms with E-state index in [0.29, 0.717) is 35.1 Å². The third-order valence-electron chi connectivity index (χ3n) is 5.73. The number of hydrogen-bond donors (Lipinski definition) is 0. The van der Waals surface area contributed by atoms with Crippen molar-refractivity contribution in [2.75, 3.05) is 0 Å². The Bertz CT molecular complexity index is 1210. The molecular formula is C27H27Cl2NO4. The fourth-order valence-corrected chi connectivity index (χ4v) is 4.53. The van der Waals surface area contributed by atoms with Crippen molar-refractivity contribution < 1.29 is 19.1 Å². The maximum atomic E-state index is 13.2. The number of hydrogen-bond acceptors (Lipinski definition) is 4. The first-order chi connectivity index (χ1) is 16.1. The fraction of sp³-hybridized carbons (Fsp3) is 0.333. The number of fused-ring (bicyclic) bond motifs is 1. The van der Waals surface area contributed by atoms with E-state index >= 15 is 0 Å². The van der Waals surface area contributed by atoms with Gasteiger partial charge in [-0.1, -0.05) is 59.6 Å². The van der Waals surface area contributed by atoms with Crippen molar-refractivity contribution in [2.45, 2.75) is 58.3 Å². The van der Waals surface area contributed by atoms with E-state index in [4.69, 9.17) is 32.7 Å². The lowest BCUT2D eigenvalue weighted by Gasteiger charge is -2.22. The van der Waals surface area contributed by atoms with Gasteiger partial charge >= 0.3 is 11.9 Å². The molecule has 0 saturated carbocycles. The SMILES string of the molecule is CC(C)(C)OC(=O)C1CCc2c1cc(C(=O)OCc1ccccc1)n2Cc1ccc(Cl)c(Cl)c1. The van der Waals surface area contributed by atoms with E-state index in [0.717, 1.165) is 22.4 Å². The number of carbonyl (C=O) groups is 2. The summed E-state index contributed by atoms with van der Waals surface area (Å²) in [7, 11) is 0. The molecule has 7 heteroatoms. The van der Waals surface area contributed by atoms with Crippen LogP contribution in [0.1, 0.15) is 66.0 Å². The number of esters is 2. The Labute approximate surface area is 209 Å². The summed E-state index contributed by atoms with van der Waals surface area (Å²) in [4.78, 5) is 26.0. The minimum Gasteiger partial charge on any atom is -0.459 e. The minimum atomic E-state index is -0.583. The van der Waals surface area contributed by atoms with Crippen molar-refractivity contribution in [3.63, 3.8) is 0 Å². The lowest BCUT2D eigenvalue weighted by molar-refractivity contribution is -0.156. The quantitative estimate of drug-likeness (QED) is 0.359. The summed E-state index contributed by atoms with van der Waals surface area (Å²) < 4.78 is 13.2. The molecule has 0 spiro atoms. The predicted molar refractivity (Wildman–Crippen MR) is 132 cm³/mol. The van der Waals surface area contributed by atoms with Crippen LogP contribution in [-0.2, 0) is 33.8 Å². The molecule has 1 aromatic heterocycles. The minimum absolute atomic E-state index is 0.164. The van der Waals surface area contributed by atoms with Gasteiger partial charge in [-0.05, 0) is 68.5 Å². The zero-order valence-electron chi connectivity index (χ0n) is 19.4. The van der Waals surface area contributed by atoms with Crippen LogP contribution in [0.3, 0.4) is 0 Å². The summed E-state index contributed by atoms with van der Waals surface area (Å²) in [6.45, 7) is 6.12. The van der Waals surface area contributed by atoms with E-state index in [1.54, 1.807) is 18.2 Å². The highest BCUT2D eigenvalue weighted by Gasteiger charge is 2.36. The Morgan fingerprint density at radius 3 is 2.41 bits per heavy atom. The largest absolute Gasteiger partial charge is 0.459 e. The van der Waals surface area contributed by atoms with Gasteiger partial charge < -0.3 is 14.0 Å². The van der Waals surface area contributed by atoms with E-state index in [9.17, 15) is 9.59 Å². The Hall–Kier alpha value is -2.76. The van der Waals surface area contributed by atoms with Crippen molar-refractivity contribution in [3.8, 4) is 0 Å². The van der Waals surface area contributed by atoms with Crippen LogP contribution < -0.4 is 0 Å². The molecule has 0 fully saturated rings. The lowest BCUT2D eigenvalue weighted by atomic mass is 10.0. The van der Waals surface area contributed by atoms with Gasteiger partial charge in [-0.2, -0.15) is 0 Å². The molecule has 0 aliphatic heterocycles. The number of benzene rings is 2. The summed E-state index contributed by atoms with van der Waals surface area (Å²) in [5.41, 5.74) is 3.37. The number of nitrogens with zero attached hydrogens (tertiary/aromatic N) is 1. The smallest absolute Gasteiger partial charge is 0.355 e. The topological polar surface area (TPSA) is 57.5 Å². The third kappa shape index (κ3) is 5.48. The molecule has 1 atom stereocenters. The standard InChI is InChI=1S/C27H27Cl2NO4/c1-27(2,3)34-25(31)19-10-12-23-20(19)14-24(26(32)33-16-17-7-5-4-6-8-17)30(23)15-18-9-11-21(28)22(29)13-18/h4-9,11,13-14,19H,10,12,15-16H2,1-3H3. The Kier molecular flexibility index (Phi) is 7.06. The number of ether oxygens (including phenoxy) is 2. The molecule has 0 saturated heterocycles. The first-order valence-electron chi connectivity index (χ1n) is 11.2. The lowest BCUT2D eigenvalue weighted by Crippen LogP contribution is -2.27. The highest BCUT2D eigenvalue weighted by atomic mass is 35.5. The van der Waals surface area contributed by atoms with Crippen LogP contribution in [0.25, 0.3) is 0 Å². The Morgan fingerprint density at radius 1 is 1.00 bits per heavy atom. The summed E-state index contributed by atoms with van der Waals surface area (Å²) in [6, 6.07) is 16.7. The first kappa shape index (κ1) is 24.4. The molecule has 0 bridgehead atoms. The van der Waals surface area contributed by atoms with Gasteiger partial charge in [0.05, 0.1) is 16.0 Å². The van der Waals surface area contributed by atoms with E-state index in [-0.39, 0.29) is 12.6 Å². The van der Waals surface area contributed by atoms with Crippen molar-refractivity contribution >= 4 is 35.1 Å². The first-order valence-corrected chi connectivity index (χ1v) is 12.0. The van der Waals surface area contributed by atoms with Gasteiger partial charge in [-0.15, -0.1) is 0 Å². The molecule has 5 nitrogen and oxygen atoms in total. The van der Waals surface area contributed by atoms with Gasteiger partial charge in [0.1, 0.15) is 17.9 Å². The van der Waals surface area contributed by atoms with Crippen LogP contribution in [-0.4, -0.2) is 22.1 Å². The van der Waals surface area contributed by atoms with Crippen LogP contribution in [0, 0.1) is 0 Å². The number of halogens is 2. The number of carbonyl (C=O) groups excluding carboxylic acids is 2. The van der Waals surface area contributed by atoms with E-state index in [2.05, 4.69) is 0 Å². The van der Waals surface area contributed by atoms with Gasteiger partial charge in [0, 0.05) is 12.2 Å². The summed E-state index contributed by atoms with van der Waals surface area (Å²) in [5.74, 6) is -1.13. The summed E-state index contributed by atoms with van der Waals surface area (Å²) in [5, 5.41) is 0.915. The van der Waals surface area contributed by atoms with Crippen LogP contribution >= 0.6 is 23.2 Å². The average Bonchev–Trinajstić information content (AvgIpc) is 3.34. The monoisotopic (exact) mass is 499 g/mol. The summed E-state index contributed by atoms with van der Waals surface area (Å²) in [6.07, 6.45) is 1.30.